The van der Waals surface area contributed by atoms with Crippen molar-refractivity contribution in [3.05, 3.63) is 35.4 Å². The smallest absolute Gasteiger partial charge is 0.0499 e. The minimum Gasteiger partial charge on any atom is -0.326 e. The molecule has 0 aliphatic carbocycles. The van der Waals surface area contributed by atoms with Crippen molar-refractivity contribution in [2.45, 2.75) is 71.9 Å². The Bertz CT molecular complexity index is 364. The molecule has 0 radical (unpaired) electrons. The maximum atomic E-state index is 6.49. The topological polar surface area (TPSA) is 29.3 Å². The van der Waals surface area contributed by atoms with Gasteiger partial charge in [0.15, 0.2) is 0 Å². The average molecular weight is 290 g/mol. The Balaban J connectivity index is 2.97. The van der Waals surface area contributed by atoms with E-state index in [1.54, 1.807) is 0 Å². The van der Waals surface area contributed by atoms with E-state index in [1.807, 2.05) is 0 Å². The number of unbranched alkanes of at least 4 members (excludes halogenated alkanes) is 2. The van der Waals surface area contributed by atoms with Crippen molar-refractivity contribution in [1.29, 1.82) is 0 Å². The number of hydrogen-bond donors (Lipinski definition) is 1. The number of rotatable bonds is 10. The number of hydrogen-bond acceptors (Lipinski definition) is 2. The van der Waals surface area contributed by atoms with Crippen LogP contribution in [0.4, 0.5) is 0 Å². The van der Waals surface area contributed by atoms with Crippen LogP contribution in [0.1, 0.15) is 70.0 Å². The first-order valence-corrected chi connectivity index (χ1v) is 8.70. The summed E-state index contributed by atoms with van der Waals surface area (Å²) < 4.78 is 0. The maximum absolute atomic E-state index is 6.49. The molecule has 2 atom stereocenters. The Kier molecular flexibility index (Phi) is 8.63. The highest BCUT2D eigenvalue weighted by Crippen LogP contribution is 2.26. The van der Waals surface area contributed by atoms with Gasteiger partial charge in [-0.05, 0) is 44.8 Å². The lowest BCUT2D eigenvalue weighted by atomic mass is 9.95. The Morgan fingerprint density at radius 1 is 0.952 bits per heavy atom. The fourth-order valence-electron chi connectivity index (χ4n) is 2.83. The molecule has 0 aromatic heterocycles. The zero-order valence-electron chi connectivity index (χ0n) is 14.4. The van der Waals surface area contributed by atoms with Gasteiger partial charge in [0.25, 0.3) is 0 Å². The normalized spacial score (nSPS) is 14.4. The van der Waals surface area contributed by atoms with Crippen LogP contribution in [-0.2, 0) is 0 Å². The quantitative estimate of drug-likeness (QED) is 0.678. The Labute approximate surface area is 131 Å². The van der Waals surface area contributed by atoms with E-state index in [2.05, 4.69) is 56.9 Å². The van der Waals surface area contributed by atoms with Gasteiger partial charge in [0, 0.05) is 12.1 Å². The fraction of sp³-hybridized carbons (Fsp3) is 0.684. The molecule has 0 aliphatic rings. The Morgan fingerprint density at radius 3 is 1.90 bits per heavy atom. The second kappa shape index (κ2) is 9.97. The minimum atomic E-state index is 0.210. The summed E-state index contributed by atoms with van der Waals surface area (Å²) in [6.07, 6.45) is 6.01. The second-order valence-corrected chi connectivity index (χ2v) is 6.17. The lowest BCUT2D eigenvalue weighted by molar-refractivity contribution is 0.164. The first-order valence-electron chi connectivity index (χ1n) is 8.70. The molecule has 2 nitrogen and oxygen atoms in total. The van der Waals surface area contributed by atoms with E-state index in [1.165, 1.54) is 36.8 Å². The molecule has 1 rings (SSSR count). The van der Waals surface area contributed by atoms with Crippen LogP contribution < -0.4 is 5.73 Å². The molecular formula is C19H34N2. The van der Waals surface area contributed by atoms with Gasteiger partial charge in [0.1, 0.15) is 0 Å². The summed E-state index contributed by atoms with van der Waals surface area (Å²) in [6.45, 7) is 11.2. The van der Waals surface area contributed by atoms with Gasteiger partial charge in [0.05, 0.1) is 0 Å². The van der Waals surface area contributed by atoms with Gasteiger partial charge in [-0.1, -0.05) is 63.4 Å². The molecule has 0 aliphatic heterocycles. The zero-order chi connectivity index (χ0) is 15.7. The first-order chi connectivity index (χ1) is 10.1. The van der Waals surface area contributed by atoms with Crippen LogP contribution in [0.5, 0.6) is 0 Å². The number of aryl methyl sites for hydroxylation is 1. The molecule has 0 saturated carbocycles. The third-order valence-electron chi connectivity index (χ3n) is 4.29. The van der Waals surface area contributed by atoms with Crippen LogP contribution in [-0.4, -0.2) is 24.0 Å². The molecule has 2 N–H and O–H groups in total. The van der Waals surface area contributed by atoms with Crippen LogP contribution in [0.3, 0.4) is 0 Å². The van der Waals surface area contributed by atoms with E-state index in [-0.39, 0.29) is 6.04 Å². The molecule has 0 heterocycles. The molecule has 21 heavy (non-hydrogen) atoms. The predicted molar refractivity (Wildman–Crippen MR) is 93.6 cm³/mol. The number of nitrogens with zero attached hydrogens (tertiary/aromatic N) is 1. The first kappa shape index (κ1) is 18.2. The summed E-state index contributed by atoms with van der Waals surface area (Å²) in [7, 11) is 0. The standard InChI is InChI=1S/C19H34N2/c1-5-8-14-21(15-9-6-2)19(18(20)7-3)17-12-10-16(4)11-13-17/h10-13,18-19H,5-9,14-15,20H2,1-4H3. The van der Waals surface area contributed by atoms with Gasteiger partial charge in [-0.2, -0.15) is 0 Å². The van der Waals surface area contributed by atoms with Gasteiger partial charge >= 0.3 is 0 Å². The lowest BCUT2D eigenvalue weighted by Crippen LogP contribution is -2.41. The van der Waals surface area contributed by atoms with E-state index >= 15 is 0 Å². The summed E-state index contributed by atoms with van der Waals surface area (Å²) in [5, 5.41) is 0. The molecule has 2 unspecified atom stereocenters. The number of nitrogens with two attached hydrogens (primary N) is 1. The summed E-state index contributed by atoms with van der Waals surface area (Å²) >= 11 is 0. The Morgan fingerprint density at radius 2 is 1.48 bits per heavy atom. The van der Waals surface area contributed by atoms with E-state index < -0.39 is 0 Å². The van der Waals surface area contributed by atoms with Crippen LogP contribution >= 0.6 is 0 Å². The van der Waals surface area contributed by atoms with Gasteiger partial charge < -0.3 is 5.73 Å². The second-order valence-electron chi connectivity index (χ2n) is 6.17. The van der Waals surface area contributed by atoms with Crippen molar-refractivity contribution in [3.8, 4) is 0 Å². The largest absolute Gasteiger partial charge is 0.326 e. The van der Waals surface area contributed by atoms with Crippen molar-refractivity contribution in [2.75, 3.05) is 13.1 Å². The third-order valence-corrected chi connectivity index (χ3v) is 4.29. The third kappa shape index (κ3) is 5.80. The average Bonchev–Trinajstić information content (AvgIpc) is 2.51. The molecule has 0 amide bonds. The fourth-order valence-corrected chi connectivity index (χ4v) is 2.83. The van der Waals surface area contributed by atoms with Crippen molar-refractivity contribution in [1.82, 2.24) is 4.90 Å². The van der Waals surface area contributed by atoms with Gasteiger partial charge in [-0.15, -0.1) is 0 Å². The van der Waals surface area contributed by atoms with Crippen LogP contribution in [0.25, 0.3) is 0 Å². The molecule has 0 spiro atoms. The molecular weight excluding hydrogens is 256 g/mol. The minimum absolute atomic E-state index is 0.210. The predicted octanol–water partition coefficient (Wildman–Crippen LogP) is 4.68. The molecule has 0 saturated heterocycles. The molecule has 2 heteroatoms. The maximum Gasteiger partial charge on any atom is 0.0499 e. The molecule has 0 fully saturated rings. The van der Waals surface area contributed by atoms with Gasteiger partial charge in [0.2, 0.25) is 0 Å². The molecule has 120 valence electrons. The number of benzene rings is 1. The van der Waals surface area contributed by atoms with Gasteiger partial charge in [-0.25, -0.2) is 0 Å². The highest BCUT2D eigenvalue weighted by Gasteiger charge is 2.24. The van der Waals surface area contributed by atoms with E-state index in [4.69, 9.17) is 5.73 Å². The van der Waals surface area contributed by atoms with Gasteiger partial charge in [-0.3, -0.25) is 4.90 Å². The lowest BCUT2D eigenvalue weighted by Gasteiger charge is -2.36. The highest BCUT2D eigenvalue weighted by molar-refractivity contribution is 5.25. The van der Waals surface area contributed by atoms with Crippen molar-refractivity contribution in [2.24, 2.45) is 5.73 Å². The monoisotopic (exact) mass is 290 g/mol. The summed E-state index contributed by atoms with van der Waals surface area (Å²) in [5.41, 5.74) is 9.18. The molecule has 1 aromatic rings. The van der Waals surface area contributed by atoms with Crippen molar-refractivity contribution < 1.29 is 0 Å². The SMILES string of the molecule is CCCCN(CCCC)C(c1ccc(C)cc1)C(N)CC. The molecule has 1 aromatic carbocycles. The van der Waals surface area contributed by atoms with Crippen LogP contribution in [0.2, 0.25) is 0 Å². The zero-order valence-corrected chi connectivity index (χ0v) is 14.4. The molecule has 0 bridgehead atoms. The summed E-state index contributed by atoms with van der Waals surface area (Å²) in [5.74, 6) is 0. The highest BCUT2D eigenvalue weighted by atomic mass is 15.2. The van der Waals surface area contributed by atoms with E-state index in [9.17, 15) is 0 Å². The van der Waals surface area contributed by atoms with Crippen molar-refractivity contribution >= 4 is 0 Å². The van der Waals surface area contributed by atoms with E-state index in [0.29, 0.717) is 6.04 Å². The van der Waals surface area contributed by atoms with Crippen LogP contribution in [0.15, 0.2) is 24.3 Å². The van der Waals surface area contributed by atoms with E-state index in [0.717, 1.165) is 19.5 Å². The van der Waals surface area contributed by atoms with Crippen LogP contribution in [0, 0.1) is 6.92 Å². The summed E-state index contributed by atoms with van der Waals surface area (Å²) in [6, 6.07) is 9.52. The Hall–Kier alpha value is -0.860. The van der Waals surface area contributed by atoms with Crippen molar-refractivity contribution in [3.63, 3.8) is 0 Å². The summed E-state index contributed by atoms with van der Waals surface area (Å²) in [4.78, 5) is 2.62.